The van der Waals surface area contributed by atoms with E-state index in [4.69, 9.17) is 15.3 Å². The van der Waals surface area contributed by atoms with Crippen molar-refractivity contribution >= 4 is 5.91 Å². The van der Waals surface area contributed by atoms with Gasteiger partial charge in [0, 0.05) is 19.2 Å². The summed E-state index contributed by atoms with van der Waals surface area (Å²) < 4.78 is 10.3. The first-order chi connectivity index (χ1) is 9.13. The van der Waals surface area contributed by atoms with Gasteiger partial charge in [-0.15, -0.1) is 0 Å². The van der Waals surface area contributed by atoms with E-state index < -0.39 is 6.04 Å². The number of amides is 1. The largest absolute Gasteiger partial charge is 0.496 e. The monoisotopic (exact) mass is 267 g/mol. The Kier molecular flexibility index (Phi) is 6.27. The topological polar surface area (TPSA) is 76.8 Å². The fraction of sp³-hybridized carbons (Fsp3) is 0.462. The zero-order valence-corrected chi connectivity index (χ0v) is 11.6. The van der Waals surface area contributed by atoms with E-state index in [1.807, 2.05) is 36.2 Å². The number of carbonyl (C=O) groups excluding carboxylic acids is 1. The van der Waals surface area contributed by atoms with Gasteiger partial charge in [0.15, 0.2) is 0 Å². The number of likely N-dealkylation sites (N-methyl/N-ethyl adjacent to an activating group) is 1. The quantitative estimate of drug-likeness (QED) is 0.417. The number of hydrazine groups is 1. The van der Waals surface area contributed by atoms with Gasteiger partial charge in [-0.05, 0) is 13.1 Å². The van der Waals surface area contributed by atoms with E-state index in [-0.39, 0.29) is 12.5 Å². The van der Waals surface area contributed by atoms with Crippen LogP contribution >= 0.6 is 0 Å². The average Bonchev–Trinajstić information content (AvgIpc) is 2.44. The van der Waals surface area contributed by atoms with E-state index >= 15 is 0 Å². The average molecular weight is 267 g/mol. The second-order valence-electron chi connectivity index (χ2n) is 4.21. The molecular formula is C13H21N3O3. The van der Waals surface area contributed by atoms with Crippen LogP contribution in [0.15, 0.2) is 24.3 Å². The summed E-state index contributed by atoms with van der Waals surface area (Å²) >= 11 is 0. The van der Waals surface area contributed by atoms with E-state index in [0.717, 1.165) is 11.3 Å². The molecule has 0 spiro atoms. The lowest BCUT2D eigenvalue weighted by atomic mass is 10.1. The molecule has 106 valence electrons. The standard InChI is InChI=1S/C13H21N3O3/c1-16(11(9-18-2)13(17)15-14)8-10-6-4-5-7-12(10)19-3/h4-7,11H,8-9,14H2,1-3H3,(H,15,17). The van der Waals surface area contributed by atoms with E-state index in [1.54, 1.807) is 14.2 Å². The predicted molar refractivity (Wildman–Crippen MR) is 72.5 cm³/mol. The van der Waals surface area contributed by atoms with Crippen LogP contribution in [0, 0.1) is 0 Å². The molecule has 0 heterocycles. The van der Waals surface area contributed by atoms with Crippen LogP contribution in [-0.2, 0) is 16.1 Å². The van der Waals surface area contributed by atoms with Gasteiger partial charge in [0.05, 0.1) is 13.7 Å². The lowest BCUT2D eigenvalue weighted by molar-refractivity contribution is -0.128. The molecule has 0 aliphatic carbocycles. The van der Waals surface area contributed by atoms with Crippen molar-refractivity contribution in [2.45, 2.75) is 12.6 Å². The molecule has 0 radical (unpaired) electrons. The maximum atomic E-state index is 11.7. The summed E-state index contributed by atoms with van der Waals surface area (Å²) in [7, 11) is 5.01. The maximum absolute atomic E-state index is 11.7. The van der Waals surface area contributed by atoms with Gasteiger partial charge in [0.1, 0.15) is 11.8 Å². The summed E-state index contributed by atoms with van der Waals surface area (Å²) in [6, 6.07) is 7.23. The molecule has 1 rings (SSSR count). The predicted octanol–water partition coefficient (Wildman–Crippen LogP) is 0.132. The minimum Gasteiger partial charge on any atom is -0.496 e. The zero-order chi connectivity index (χ0) is 14.3. The van der Waals surface area contributed by atoms with Crippen LogP contribution in [0.2, 0.25) is 0 Å². The second-order valence-corrected chi connectivity index (χ2v) is 4.21. The molecule has 0 saturated heterocycles. The van der Waals surface area contributed by atoms with E-state index in [0.29, 0.717) is 6.54 Å². The van der Waals surface area contributed by atoms with E-state index in [2.05, 4.69) is 5.43 Å². The molecule has 3 N–H and O–H groups in total. The first-order valence-corrected chi connectivity index (χ1v) is 5.95. The van der Waals surface area contributed by atoms with Crippen molar-refractivity contribution < 1.29 is 14.3 Å². The zero-order valence-electron chi connectivity index (χ0n) is 11.6. The van der Waals surface area contributed by atoms with Crippen molar-refractivity contribution in [1.29, 1.82) is 0 Å². The van der Waals surface area contributed by atoms with Crippen LogP contribution in [0.5, 0.6) is 5.75 Å². The third-order valence-electron chi connectivity index (χ3n) is 2.91. The van der Waals surface area contributed by atoms with Gasteiger partial charge in [-0.2, -0.15) is 0 Å². The number of hydrogen-bond acceptors (Lipinski definition) is 5. The molecule has 0 fully saturated rings. The third kappa shape index (κ3) is 4.20. The van der Waals surface area contributed by atoms with Crippen LogP contribution in [0.4, 0.5) is 0 Å². The van der Waals surface area contributed by atoms with Gasteiger partial charge in [0.2, 0.25) is 0 Å². The SMILES string of the molecule is COCC(C(=O)NN)N(C)Cc1ccccc1OC. The van der Waals surface area contributed by atoms with Crippen molar-refractivity contribution in [1.82, 2.24) is 10.3 Å². The Hall–Kier alpha value is -1.63. The molecule has 0 bridgehead atoms. The summed E-state index contributed by atoms with van der Waals surface area (Å²) in [4.78, 5) is 13.6. The Balaban J connectivity index is 2.80. The molecule has 0 aromatic heterocycles. The smallest absolute Gasteiger partial charge is 0.253 e. The number of rotatable bonds is 7. The molecule has 0 saturated carbocycles. The van der Waals surface area contributed by atoms with Crippen molar-refractivity contribution in [3.8, 4) is 5.75 Å². The number of hydrogen-bond donors (Lipinski definition) is 2. The number of nitrogens with one attached hydrogen (secondary N) is 1. The summed E-state index contributed by atoms with van der Waals surface area (Å²) in [6.07, 6.45) is 0. The molecule has 6 nitrogen and oxygen atoms in total. The van der Waals surface area contributed by atoms with Gasteiger partial charge in [-0.1, -0.05) is 18.2 Å². The number of carbonyl (C=O) groups is 1. The van der Waals surface area contributed by atoms with Crippen molar-refractivity contribution in [2.24, 2.45) is 5.84 Å². The molecule has 1 amide bonds. The number of methoxy groups -OCH3 is 2. The summed E-state index contributed by atoms with van der Waals surface area (Å²) in [5.74, 6) is 5.70. The molecule has 1 aromatic rings. The molecule has 0 aliphatic rings. The normalized spacial score (nSPS) is 12.3. The molecule has 1 atom stereocenters. The Morgan fingerprint density at radius 2 is 2.11 bits per heavy atom. The van der Waals surface area contributed by atoms with Crippen LogP contribution < -0.4 is 16.0 Å². The first-order valence-electron chi connectivity index (χ1n) is 5.95. The van der Waals surface area contributed by atoms with Crippen LogP contribution in [0.1, 0.15) is 5.56 Å². The highest BCUT2D eigenvalue weighted by Gasteiger charge is 2.23. The number of nitrogens with two attached hydrogens (primary N) is 1. The molecule has 1 aromatic carbocycles. The maximum Gasteiger partial charge on any atom is 0.253 e. The Morgan fingerprint density at radius 1 is 1.42 bits per heavy atom. The summed E-state index contributed by atoms with van der Waals surface area (Å²) in [5.41, 5.74) is 3.15. The lowest BCUT2D eigenvalue weighted by Gasteiger charge is -2.26. The summed E-state index contributed by atoms with van der Waals surface area (Å²) in [5, 5.41) is 0. The van der Waals surface area contributed by atoms with E-state index in [9.17, 15) is 4.79 Å². The molecule has 0 aliphatic heterocycles. The Labute approximate surface area is 113 Å². The minimum atomic E-state index is -0.445. The van der Waals surface area contributed by atoms with Gasteiger partial charge >= 0.3 is 0 Å². The van der Waals surface area contributed by atoms with Crippen LogP contribution in [-0.4, -0.2) is 44.7 Å². The minimum absolute atomic E-state index is 0.273. The summed E-state index contributed by atoms with van der Waals surface area (Å²) in [6.45, 7) is 0.833. The molecular weight excluding hydrogens is 246 g/mol. The lowest BCUT2D eigenvalue weighted by Crippen LogP contribution is -2.49. The second kappa shape index (κ2) is 7.73. The number of nitrogens with zero attached hydrogens (tertiary/aromatic N) is 1. The number of ether oxygens (including phenoxy) is 2. The van der Waals surface area contributed by atoms with Gasteiger partial charge in [-0.25, -0.2) is 5.84 Å². The van der Waals surface area contributed by atoms with Crippen molar-refractivity contribution in [2.75, 3.05) is 27.9 Å². The molecule has 1 unspecified atom stereocenters. The fourth-order valence-electron chi connectivity index (χ4n) is 1.87. The Bertz CT molecular complexity index is 412. The number of benzene rings is 1. The van der Waals surface area contributed by atoms with Crippen LogP contribution in [0.3, 0.4) is 0 Å². The van der Waals surface area contributed by atoms with Gasteiger partial charge < -0.3 is 9.47 Å². The highest BCUT2D eigenvalue weighted by molar-refractivity contribution is 5.81. The molecule has 6 heteroatoms. The first kappa shape index (κ1) is 15.4. The van der Waals surface area contributed by atoms with Gasteiger partial charge in [-0.3, -0.25) is 15.1 Å². The molecule has 19 heavy (non-hydrogen) atoms. The fourth-order valence-corrected chi connectivity index (χ4v) is 1.87. The van der Waals surface area contributed by atoms with Crippen molar-refractivity contribution in [3.63, 3.8) is 0 Å². The number of para-hydroxylation sites is 1. The van der Waals surface area contributed by atoms with Crippen molar-refractivity contribution in [3.05, 3.63) is 29.8 Å². The highest BCUT2D eigenvalue weighted by Crippen LogP contribution is 2.19. The highest BCUT2D eigenvalue weighted by atomic mass is 16.5. The van der Waals surface area contributed by atoms with E-state index in [1.165, 1.54) is 0 Å². The third-order valence-corrected chi connectivity index (χ3v) is 2.91. The van der Waals surface area contributed by atoms with Crippen LogP contribution in [0.25, 0.3) is 0 Å². The Morgan fingerprint density at radius 3 is 2.68 bits per heavy atom. The van der Waals surface area contributed by atoms with Gasteiger partial charge in [0.25, 0.3) is 5.91 Å².